The Bertz CT molecular complexity index is 67.3. The summed E-state index contributed by atoms with van der Waals surface area (Å²) in [6.07, 6.45) is 1.99. The first-order valence-corrected chi connectivity index (χ1v) is 3.88. The highest BCUT2D eigenvalue weighted by Gasteiger charge is 2.10. The third-order valence-electron chi connectivity index (χ3n) is 1.82. The first-order valence-electron chi connectivity index (χ1n) is 3.88. The summed E-state index contributed by atoms with van der Waals surface area (Å²) in [6, 6.07) is 0.229. The van der Waals surface area contributed by atoms with Gasteiger partial charge in [-0.3, -0.25) is 0 Å². The maximum absolute atomic E-state index is 5.70. The molecule has 0 saturated heterocycles. The molecule has 0 aromatic rings. The molecule has 0 amide bonds. The Morgan fingerprint density at radius 3 is 1.70 bits per heavy atom. The molecule has 0 saturated carbocycles. The molecule has 3 nitrogen and oxygen atoms in total. The molecule has 1 atom stereocenters. The monoisotopic (exact) mass is 145 g/mol. The topological polar surface area (TPSA) is 78.1 Å². The van der Waals surface area contributed by atoms with Gasteiger partial charge in [0.25, 0.3) is 0 Å². The fourth-order valence-electron chi connectivity index (χ4n) is 1.10. The van der Waals surface area contributed by atoms with Crippen LogP contribution in [-0.4, -0.2) is 19.1 Å². The van der Waals surface area contributed by atoms with Gasteiger partial charge < -0.3 is 17.2 Å². The van der Waals surface area contributed by atoms with Crippen molar-refractivity contribution in [3.8, 4) is 0 Å². The van der Waals surface area contributed by atoms with Crippen molar-refractivity contribution in [2.45, 2.75) is 25.8 Å². The summed E-state index contributed by atoms with van der Waals surface area (Å²) in [5, 5.41) is 0. The highest BCUT2D eigenvalue weighted by molar-refractivity contribution is 4.69. The molecular formula is C7H19N3. The summed E-state index contributed by atoms with van der Waals surface area (Å²) in [7, 11) is 0. The Hall–Kier alpha value is -0.120. The number of hydrogen-bond donors (Lipinski definition) is 3. The summed E-state index contributed by atoms with van der Waals surface area (Å²) in [5.74, 6) is 0.509. The van der Waals surface area contributed by atoms with Crippen LogP contribution in [0.5, 0.6) is 0 Å². The summed E-state index contributed by atoms with van der Waals surface area (Å²) in [5.41, 5.74) is 16.5. The van der Waals surface area contributed by atoms with E-state index in [4.69, 9.17) is 17.2 Å². The van der Waals surface area contributed by atoms with E-state index in [1.54, 1.807) is 0 Å². The lowest BCUT2D eigenvalue weighted by atomic mass is 9.95. The Morgan fingerprint density at radius 1 is 1.10 bits per heavy atom. The number of hydrogen-bond acceptors (Lipinski definition) is 3. The first kappa shape index (κ1) is 9.88. The highest BCUT2D eigenvalue weighted by Crippen LogP contribution is 2.09. The Kier molecular flexibility index (Phi) is 5.58. The molecule has 0 fully saturated rings. The van der Waals surface area contributed by atoms with Gasteiger partial charge >= 0.3 is 0 Å². The van der Waals surface area contributed by atoms with Gasteiger partial charge in [0.1, 0.15) is 0 Å². The van der Waals surface area contributed by atoms with Crippen LogP contribution in [0.15, 0.2) is 0 Å². The lowest BCUT2D eigenvalue weighted by Crippen LogP contribution is -2.30. The van der Waals surface area contributed by atoms with E-state index in [-0.39, 0.29) is 6.04 Å². The van der Waals surface area contributed by atoms with Crippen LogP contribution in [0.4, 0.5) is 0 Å². The second-order valence-electron chi connectivity index (χ2n) is 2.77. The third kappa shape index (κ3) is 3.82. The molecule has 0 heterocycles. The van der Waals surface area contributed by atoms with Gasteiger partial charge in [0.15, 0.2) is 0 Å². The predicted octanol–water partition coefficient (Wildman–Crippen LogP) is -0.353. The second-order valence-corrected chi connectivity index (χ2v) is 2.77. The zero-order valence-electron chi connectivity index (χ0n) is 6.72. The molecule has 0 bridgehead atoms. The summed E-state index contributed by atoms with van der Waals surface area (Å²) < 4.78 is 0. The van der Waals surface area contributed by atoms with Gasteiger partial charge in [0.05, 0.1) is 0 Å². The lowest BCUT2D eigenvalue weighted by molar-refractivity contribution is 0.397. The van der Waals surface area contributed by atoms with E-state index in [0.717, 1.165) is 12.8 Å². The molecule has 0 aliphatic rings. The van der Waals surface area contributed by atoms with Crippen molar-refractivity contribution in [2.75, 3.05) is 13.1 Å². The fourth-order valence-corrected chi connectivity index (χ4v) is 1.10. The van der Waals surface area contributed by atoms with Crippen LogP contribution in [0, 0.1) is 5.92 Å². The highest BCUT2D eigenvalue weighted by atomic mass is 14.7. The average molecular weight is 145 g/mol. The van der Waals surface area contributed by atoms with E-state index in [9.17, 15) is 0 Å². The van der Waals surface area contributed by atoms with Gasteiger partial charge in [0, 0.05) is 6.04 Å². The molecule has 62 valence electrons. The zero-order valence-corrected chi connectivity index (χ0v) is 6.72. The summed E-state index contributed by atoms with van der Waals surface area (Å²) >= 11 is 0. The first-order chi connectivity index (χ1) is 4.72. The standard InChI is InChI=1S/C7H19N3/c1-6(10)7(2-4-8)3-5-9/h6-7H,2-5,8-10H2,1H3. The Balaban J connectivity index is 3.50. The van der Waals surface area contributed by atoms with Crippen molar-refractivity contribution in [3.63, 3.8) is 0 Å². The molecule has 0 aromatic carbocycles. The van der Waals surface area contributed by atoms with Crippen LogP contribution in [0.1, 0.15) is 19.8 Å². The molecule has 0 aromatic heterocycles. The molecule has 6 N–H and O–H groups in total. The van der Waals surface area contributed by atoms with Crippen molar-refractivity contribution in [3.05, 3.63) is 0 Å². The smallest absolute Gasteiger partial charge is 0.00397 e. The molecule has 10 heavy (non-hydrogen) atoms. The van der Waals surface area contributed by atoms with Gasteiger partial charge in [-0.25, -0.2) is 0 Å². The van der Waals surface area contributed by atoms with Crippen LogP contribution in [0.2, 0.25) is 0 Å². The van der Waals surface area contributed by atoms with Crippen molar-refractivity contribution >= 4 is 0 Å². The number of nitrogens with two attached hydrogens (primary N) is 3. The number of rotatable bonds is 5. The molecule has 0 aliphatic heterocycles. The third-order valence-corrected chi connectivity index (χ3v) is 1.82. The van der Waals surface area contributed by atoms with E-state index in [1.807, 2.05) is 6.92 Å². The Labute approximate surface area is 62.9 Å². The molecule has 0 rings (SSSR count). The van der Waals surface area contributed by atoms with Crippen LogP contribution in [0.3, 0.4) is 0 Å². The maximum atomic E-state index is 5.70. The van der Waals surface area contributed by atoms with Crippen LogP contribution in [0.25, 0.3) is 0 Å². The van der Waals surface area contributed by atoms with Crippen LogP contribution >= 0.6 is 0 Å². The van der Waals surface area contributed by atoms with Gasteiger partial charge in [-0.05, 0) is 38.8 Å². The van der Waals surface area contributed by atoms with E-state index in [2.05, 4.69) is 0 Å². The van der Waals surface area contributed by atoms with Crippen molar-refractivity contribution in [1.82, 2.24) is 0 Å². The predicted molar refractivity (Wildman–Crippen MR) is 44.5 cm³/mol. The van der Waals surface area contributed by atoms with E-state index in [0.29, 0.717) is 19.0 Å². The lowest BCUT2D eigenvalue weighted by Gasteiger charge is -2.18. The van der Waals surface area contributed by atoms with E-state index in [1.165, 1.54) is 0 Å². The minimum absolute atomic E-state index is 0.229. The van der Waals surface area contributed by atoms with Gasteiger partial charge in [-0.2, -0.15) is 0 Å². The summed E-state index contributed by atoms with van der Waals surface area (Å²) in [4.78, 5) is 0. The minimum Gasteiger partial charge on any atom is -0.330 e. The fraction of sp³-hybridized carbons (Fsp3) is 1.00. The maximum Gasteiger partial charge on any atom is 0.00397 e. The molecule has 0 spiro atoms. The molecular weight excluding hydrogens is 126 g/mol. The molecule has 1 unspecified atom stereocenters. The van der Waals surface area contributed by atoms with Crippen LogP contribution in [-0.2, 0) is 0 Å². The quantitative estimate of drug-likeness (QED) is 0.494. The largest absolute Gasteiger partial charge is 0.330 e. The van der Waals surface area contributed by atoms with Crippen molar-refractivity contribution in [1.29, 1.82) is 0 Å². The van der Waals surface area contributed by atoms with Gasteiger partial charge in [0.2, 0.25) is 0 Å². The minimum atomic E-state index is 0.229. The van der Waals surface area contributed by atoms with Gasteiger partial charge in [-0.1, -0.05) is 0 Å². The normalized spacial score (nSPS) is 14.1. The molecule has 3 heteroatoms. The van der Waals surface area contributed by atoms with Crippen molar-refractivity contribution in [2.24, 2.45) is 23.1 Å². The van der Waals surface area contributed by atoms with Gasteiger partial charge in [-0.15, -0.1) is 0 Å². The SMILES string of the molecule is CC(N)C(CCN)CCN. The summed E-state index contributed by atoms with van der Waals surface area (Å²) in [6.45, 7) is 3.44. The van der Waals surface area contributed by atoms with E-state index >= 15 is 0 Å². The Morgan fingerprint density at radius 2 is 1.50 bits per heavy atom. The van der Waals surface area contributed by atoms with Crippen LogP contribution < -0.4 is 17.2 Å². The zero-order chi connectivity index (χ0) is 7.98. The molecule has 0 aliphatic carbocycles. The van der Waals surface area contributed by atoms with E-state index < -0.39 is 0 Å². The second kappa shape index (κ2) is 5.65. The molecule has 0 radical (unpaired) electrons. The van der Waals surface area contributed by atoms with Crippen molar-refractivity contribution < 1.29 is 0 Å². The average Bonchev–Trinajstić information content (AvgIpc) is 1.87.